The molecule has 0 radical (unpaired) electrons. The Bertz CT molecular complexity index is 1950. The molecule has 0 aromatic heterocycles. The molecule has 0 spiro atoms. The summed E-state index contributed by atoms with van der Waals surface area (Å²) in [5, 5.41) is 0. The van der Waals surface area contributed by atoms with Crippen molar-refractivity contribution in [1.29, 1.82) is 0 Å². The van der Waals surface area contributed by atoms with Crippen molar-refractivity contribution in [3.63, 3.8) is 0 Å². The van der Waals surface area contributed by atoms with E-state index in [4.69, 9.17) is 9.47 Å². The molecule has 6 aromatic carbocycles. The van der Waals surface area contributed by atoms with Gasteiger partial charge in [-0.05, 0) is 114 Å². The molecule has 6 rings (SSSR count). The van der Waals surface area contributed by atoms with Crippen LogP contribution in [0.2, 0.25) is 0 Å². The molecule has 44 heavy (non-hydrogen) atoms. The minimum absolute atomic E-state index is 0.287. The smallest absolute Gasteiger partial charge is 0.206 e. The normalized spacial score (nSPS) is 11.2. The van der Waals surface area contributed by atoms with Gasteiger partial charge in [0, 0.05) is 9.79 Å². The Morgan fingerprint density at radius 3 is 1.25 bits per heavy atom. The van der Waals surface area contributed by atoms with Crippen LogP contribution in [0.25, 0.3) is 22.3 Å². The van der Waals surface area contributed by atoms with Crippen LogP contribution in [0.15, 0.2) is 165 Å². The summed E-state index contributed by atoms with van der Waals surface area (Å²) in [5.41, 5.74) is 5.24. The summed E-state index contributed by atoms with van der Waals surface area (Å²) in [6.07, 6.45) is 0. The monoisotopic (exact) mass is 614 g/mol. The molecule has 0 atom stereocenters. The highest BCUT2D eigenvalue weighted by molar-refractivity contribution is 7.99. The van der Waals surface area contributed by atoms with E-state index in [2.05, 4.69) is 24.3 Å². The Morgan fingerprint density at radius 2 is 0.795 bits per heavy atom. The van der Waals surface area contributed by atoms with E-state index < -0.39 is 9.84 Å². The van der Waals surface area contributed by atoms with Crippen molar-refractivity contribution in [2.24, 2.45) is 0 Å². The molecule has 218 valence electrons. The third-order valence-corrected chi connectivity index (χ3v) is 10.1. The Kier molecular flexibility index (Phi) is 8.55. The molecule has 0 heterocycles. The molecule has 0 aliphatic carbocycles. The lowest BCUT2D eigenvalue weighted by atomic mass is 10.1. The summed E-state index contributed by atoms with van der Waals surface area (Å²) in [4.78, 5) is 2.80. The van der Waals surface area contributed by atoms with Gasteiger partial charge in [-0.3, -0.25) is 0 Å². The second-order valence-electron chi connectivity index (χ2n) is 10.3. The second kappa shape index (κ2) is 12.8. The number of hydrogen-bond donors (Lipinski definition) is 0. The predicted molar refractivity (Wildman–Crippen MR) is 178 cm³/mol. The zero-order valence-corrected chi connectivity index (χ0v) is 25.9. The van der Waals surface area contributed by atoms with E-state index in [-0.39, 0.29) is 4.90 Å². The average Bonchev–Trinajstić information content (AvgIpc) is 3.07. The fourth-order valence-corrected chi connectivity index (χ4v) is 6.82. The lowest BCUT2D eigenvalue weighted by Gasteiger charge is -2.09. The van der Waals surface area contributed by atoms with Crippen LogP contribution < -0.4 is 9.47 Å². The molecule has 0 N–H and O–H groups in total. The van der Waals surface area contributed by atoms with Crippen LogP contribution >= 0.6 is 11.8 Å². The summed E-state index contributed by atoms with van der Waals surface area (Å²) in [6.45, 7) is 1.94. The molecule has 0 aliphatic heterocycles. The number of rotatable bonds is 9. The topological polar surface area (TPSA) is 52.6 Å². The maximum Gasteiger partial charge on any atom is 0.206 e. The van der Waals surface area contributed by atoms with Crippen LogP contribution in [-0.2, 0) is 9.84 Å². The largest absolute Gasteiger partial charge is 0.497 e. The van der Waals surface area contributed by atoms with E-state index in [1.54, 1.807) is 43.1 Å². The van der Waals surface area contributed by atoms with Crippen molar-refractivity contribution in [3.05, 3.63) is 151 Å². The summed E-state index contributed by atoms with van der Waals surface area (Å²) >= 11 is 1.67. The lowest BCUT2D eigenvalue weighted by Crippen LogP contribution is -2.01. The van der Waals surface area contributed by atoms with E-state index in [1.165, 1.54) is 0 Å². The second-order valence-corrected chi connectivity index (χ2v) is 13.4. The van der Waals surface area contributed by atoms with Crippen molar-refractivity contribution >= 4 is 21.6 Å². The third-order valence-electron chi connectivity index (χ3n) is 7.26. The maximum atomic E-state index is 13.0. The molecule has 0 aliphatic rings. The summed E-state index contributed by atoms with van der Waals surface area (Å²) in [6, 6.07) is 46.3. The van der Waals surface area contributed by atoms with Gasteiger partial charge in [-0.1, -0.05) is 78.0 Å². The molecule has 6 aromatic rings. The minimum Gasteiger partial charge on any atom is -0.497 e. The molecule has 0 bridgehead atoms. The Morgan fingerprint density at radius 1 is 0.455 bits per heavy atom. The average molecular weight is 615 g/mol. The quantitative estimate of drug-likeness (QED) is 0.162. The number of methoxy groups -OCH3 is 1. The molecule has 0 unspecified atom stereocenters. The first-order chi connectivity index (χ1) is 21.4. The van der Waals surface area contributed by atoms with Gasteiger partial charge in [0.1, 0.15) is 17.2 Å². The fourth-order valence-electron chi connectivity index (χ4n) is 4.74. The van der Waals surface area contributed by atoms with E-state index >= 15 is 0 Å². The number of ether oxygens (including phenoxy) is 2. The van der Waals surface area contributed by atoms with Crippen molar-refractivity contribution in [2.75, 3.05) is 7.11 Å². The van der Waals surface area contributed by atoms with Crippen LogP contribution in [-0.4, -0.2) is 15.5 Å². The molecule has 0 fully saturated rings. The van der Waals surface area contributed by atoms with Crippen LogP contribution in [0.5, 0.6) is 17.2 Å². The summed E-state index contributed by atoms with van der Waals surface area (Å²) in [7, 11) is -1.88. The SMILES string of the molecule is COc1ccc(-c2ccc(Oc3ccc(Sc4ccc(-c5ccc(S(=O)(=O)c6ccc(C)cc6)cc5)cc4)cc3)cc2)cc1. The van der Waals surface area contributed by atoms with Crippen molar-refractivity contribution in [3.8, 4) is 39.5 Å². The molecular formula is C38H30O4S2. The Labute approximate surface area is 262 Å². The molecule has 6 heteroatoms. The van der Waals surface area contributed by atoms with Gasteiger partial charge in [0.2, 0.25) is 9.84 Å². The maximum absolute atomic E-state index is 13.0. The zero-order chi connectivity index (χ0) is 30.5. The van der Waals surface area contributed by atoms with E-state index in [0.717, 1.165) is 54.9 Å². The first-order valence-corrected chi connectivity index (χ1v) is 16.4. The van der Waals surface area contributed by atoms with Crippen molar-refractivity contribution < 1.29 is 17.9 Å². The highest BCUT2D eigenvalue weighted by Gasteiger charge is 2.17. The molecule has 0 saturated heterocycles. The highest BCUT2D eigenvalue weighted by atomic mass is 32.2. The standard InChI is InChI=1S/C38H30O4S2/c1-27-3-23-37(24-4-27)44(39,40)38-25-11-31(12-26-38)30-9-19-35(20-10-30)43-36-21-17-34(18-22-36)42-33-15-7-29(8-16-33)28-5-13-32(41-2)14-6-28/h3-26H,1-2H3. The van der Waals surface area contributed by atoms with E-state index in [1.807, 2.05) is 104 Å². The predicted octanol–water partition coefficient (Wildman–Crippen LogP) is 10.1. The van der Waals surface area contributed by atoms with E-state index in [9.17, 15) is 8.42 Å². The first-order valence-electron chi connectivity index (χ1n) is 14.1. The Balaban J connectivity index is 1.06. The van der Waals surface area contributed by atoms with Gasteiger partial charge in [0.25, 0.3) is 0 Å². The highest BCUT2D eigenvalue weighted by Crippen LogP contribution is 2.33. The molecule has 0 saturated carbocycles. The number of benzene rings is 6. The van der Waals surface area contributed by atoms with Gasteiger partial charge in [-0.2, -0.15) is 0 Å². The fraction of sp³-hybridized carbons (Fsp3) is 0.0526. The number of hydrogen-bond acceptors (Lipinski definition) is 5. The van der Waals surface area contributed by atoms with Gasteiger partial charge in [0.15, 0.2) is 0 Å². The van der Waals surface area contributed by atoms with Gasteiger partial charge in [-0.15, -0.1) is 0 Å². The molecule has 4 nitrogen and oxygen atoms in total. The zero-order valence-electron chi connectivity index (χ0n) is 24.3. The van der Waals surface area contributed by atoms with Gasteiger partial charge in [-0.25, -0.2) is 8.42 Å². The molecule has 0 amide bonds. The molecular weight excluding hydrogens is 585 g/mol. The first kappa shape index (κ1) is 29.3. The van der Waals surface area contributed by atoms with E-state index in [0.29, 0.717) is 4.90 Å². The van der Waals surface area contributed by atoms with Gasteiger partial charge in [0.05, 0.1) is 16.9 Å². The number of aryl methyl sites for hydroxylation is 1. The summed E-state index contributed by atoms with van der Waals surface area (Å²) < 4.78 is 37.3. The third kappa shape index (κ3) is 6.72. The number of sulfone groups is 1. The lowest BCUT2D eigenvalue weighted by molar-refractivity contribution is 0.415. The van der Waals surface area contributed by atoms with Crippen LogP contribution in [0, 0.1) is 6.92 Å². The minimum atomic E-state index is -3.55. The summed E-state index contributed by atoms with van der Waals surface area (Å²) in [5.74, 6) is 2.39. The van der Waals surface area contributed by atoms with Gasteiger partial charge < -0.3 is 9.47 Å². The van der Waals surface area contributed by atoms with Crippen molar-refractivity contribution in [2.45, 2.75) is 26.5 Å². The van der Waals surface area contributed by atoms with Crippen LogP contribution in [0.4, 0.5) is 0 Å². The van der Waals surface area contributed by atoms with Crippen molar-refractivity contribution in [1.82, 2.24) is 0 Å². The Hall–Kier alpha value is -4.78. The van der Waals surface area contributed by atoms with Crippen LogP contribution in [0.1, 0.15) is 5.56 Å². The van der Waals surface area contributed by atoms with Crippen LogP contribution in [0.3, 0.4) is 0 Å². The van der Waals surface area contributed by atoms with Gasteiger partial charge >= 0.3 is 0 Å².